The molecule has 0 atom stereocenters. The zero-order chi connectivity index (χ0) is 7.19. The fourth-order valence-corrected chi connectivity index (χ4v) is 1.44. The normalized spacial score (nSPS) is 25.0. The molecule has 1 N–H and O–H groups in total. The van der Waals surface area contributed by atoms with E-state index in [0.717, 1.165) is 12.8 Å². The first kappa shape index (κ1) is 5.71. The lowest BCUT2D eigenvalue weighted by atomic mass is 10.0. The van der Waals surface area contributed by atoms with Crippen LogP contribution in [-0.4, -0.2) is 11.1 Å². The van der Waals surface area contributed by atoms with E-state index in [1.54, 1.807) is 6.08 Å². The van der Waals surface area contributed by atoms with Gasteiger partial charge in [-0.1, -0.05) is 18.2 Å². The van der Waals surface area contributed by atoms with Crippen molar-refractivity contribution in [3.63, 3.8) is 0 Å². The van der Waals surface area contributed by atoms with E-state index in [9.17, 15) is 4.79 Å². The maximum atomic E-state index is 10.5. The van der Waals surface area contributed by atoms with Crippen molar-refractivity contribution in [2.45, 2.75) is 12.8 Å². The molecule has 0 radical (unpaired) electrons. The van der Waals surface area contributed by atoms with Crippen LogP contribution in [0.15, 0.2) is 23.8 Å². The first-order chi connectivity index (χ1) is 4.75. The van der Waals surface area contributed by atoms with E-state index in [2.05, 4.69) is 0 Å². The van der Waals surface area contributed by atoms with Crippen molar-refractivity contribution in [3.8, 4) is 0 Å². The molecule has 0 unspecified atom stereocenters. The van der Waals surface area contributed by atoms with Gasteiger partial charge in [-0.2, -0.15) is 0 Å². The number of aliphatic carboxylic acids is 1. The van der Waals surface area contributed by atoms with E-state index in [4.69, 9.17) is 5.11 Å². The van der Waals surface area contributed by atoms with Crippen LogP contribution >= 0.6 is 0 Å². The molecule has 52 valence electrons. The average Bonchev–Trinajstić information content (AvgIpc) is 2.42. The Labute approximate surface area is 58.9 Å². The molecular formula is C8H8O2. The molecule has 0 aromatic heterocycles. The van der Waals surface area contributed by atoms with E-state index in [1.165, 1.54) is 0 Å². The number of carboxylic acid groups (broad SMARTS) is 1. The molecule has 1 fully saturated rings. The molecule has 2 nitrogen and oxygen atoms in total. The lowest BCUT2D eigenvalue weighted by Crippen LogP contribution is -2.08. The average molecular weight is 136 g/mol. The molecule has 0 bridgehead atoms. The second kappa shape index (κ2) is 1.51. The molecular weight excluding hydrogens is 128 g/mol. The number of carboxylic acids is 1. The third-order valence-electron chi connectivity index (χ3n) is 2.23. The zero-order valence-corrected chi connectivity index (χ0v) is 5.50. The van der Waals surface area contributed by atoms with Crippen LogP contribution in [0.25, 0.3) is 0 Å². The Morgan fingerprint density at radius 3 is 2.70 bits per heavy atom. The lowest BCUT2D eigenvalue weighted by Gasteiger charge is -2.03. The van der Waals surface area contributed by atoms with Gasteiger partial charge < -0.3 is 5.11 Å². The van der Waals surface area contributed by atoms with Crippen LogP contribution in [-0.2, 0) is 4.79 Å². The summed E-state index contributed by atoms with van der Waals surface area (Å²) in [5.74, 6) is -0.762. The Morgan fingerprint density at radius 2 is 2.30 bits per heavy atom. The number of rotatable bonds is 1. The molecule has 1 spiro atoms. The molecule has 10 heavy (non-hydrogen) atoms. The van der Waals surface area contributed by atoms with E-state index >= 15 is 0 Å². The Bertz CT molecular complexity index is 244. The van der Waals surface area contributed by atoms with E-state index in [0.29, 0.717) is 5.57 Å². The standard InChI is InChI=1S/C8H8O2/c9-7(10)6-2-1-3-8(6)4-5-8/h1-3H,4-5H2,(H,9,10). The smallest absolute Gasteiger partial charge is 0.332 e. The molecule has 2 rings (SSSR count). The van der Waals surface area contributed by atoms with Crippen LogP contribution in [0.2, 0.25) is 0 Å². The summed E-state index contributed by atoms with van der Waals surface area (Å²) in [6, 6.07) is 0. The number of allylic oxidation sites excluding steroid dienone is 3. The summed E-state index contributed by atoms with van der Waals surface area (Å²) in [5, 5.41) is 8.68. The van der Waals surface area contributed by atoms with Crippen molar-refractivity contribution in [1.29, 1.82) is 0 Å². The predicted molar refractivity (Wildman–Crippen MR) is 36.5 cm³/mol. The van der Waals surface area contributed by atoms with E-state index in [1.807, 2.05) is 12.2 Å². The van der Waals surface area contributed by atoms with Gasteiger partial charge in [0.15, 0.2) is 0 Å². The van der Waals surface area contributed by atoms with Gasteiger partial charge in [0, 0.05) is 11.0 Å². The Hall–Kier alpha value is -1.05. The summed E-state index contributed by atoms with van der Waals surface area (Å²) < 4.78 is 0. The van der Waals surface area contributed by atoms with Crippen LogP contribution in [0, 0.1) is 5.41 Å². The third-order valence-corrected chi connectivity index (χ3v) is 2.23. The van der Waals surface area contributed by atoms with Crippen molar-refractivity contribution in [3.05, 3.63) is 23.8 Å². The third kappa shape index (κ3) is 0.561. The van der Waals surface area contributed by atoms with Crippen molar-refractivity contribution >= 4 is 5.97 Å². The van der Waals surface area contributed by atoms with Crippen molar-refractivity contribution in [1.82, 2.24) is 0 Å². The van der Waals surface area contributed by atoms with Gasteiger partial charge in [0.05, 0.1) is 0 Å². The van der Waals surface area contributed by atoms with Crippen molar-refractivity contribution in [2.75, 3.05) is 0 Å². The Balaban J connectivity index is 2.33. The van der Waals surface area contributed by atoms with Gasteiger partial charge in [-0.05, 0) is 12.8 Å². The van der Waals surface area contributed by atoms with Crippen LogP contribution < -0.4 is 0 Å². The van der Waals surface area contributed by atoms with Gasteiger partial charge >= 0.3 is 5.97 Å². The van der Waals surface area contributed by atoms with Gasteiger partial charge in [-0.15, -0.1) is 0 Å². The van der Waals surface area contributed by atoms with Gasteiger partial charge in [-0.3, -0.25) is 0 Å². The number of hydrogen-bond acceptors (Lipinski definition) is 1. The lowest BCUT2D eigenvalue weighted by molar-refractivity contribution is -0.133. The van der Waals surface area contributed by atoms with E-state index < -0.39 is 5.97 Å². The minimum absolute atomic E-state index is 0.0359. The molecule has 2 aliphatic rings. The quantitative estimate of drug-likeness (QED) is 0.590. The highest BCUT2D eigenvalue weighted by Crippen LogP contribution is 2.55. The molecule has 0 aromatic carbocycles. The molecule has 0 aliphatic heterocycles. The Morgan fingerprint density at radius 1 is 1.60 bits per heavy atom. The first-order valence-corrected chi connectivity index (χ1v) is 3.38. The van der Waals surface area contributed by atoms with Gasteiger partial charge in [-0.25, -0.2) is 4.79 Å². The first-order valence-electron chi connectivity index (χ1n) is 3.38. The van der Waals surface area contributed by atoms with Gasteiger partial charge in [0.25, 0.3) is 0 Å². The topological polar surface area (TPSA) is 37.3 Å². The maximum absolute atomic E-state index is 10.5. The van der Waals surface area contributed by atoms with Crippen LogP contribution in [0.5, 0.6) is 0 Å². The summed E-state index contributed by atoms with van der Waals surface area (Å²) in [4.78, 5) is 10.5. The highest BCUT2D eigenvalue weighted by Gasteiger charge is 2.47. The largest absolute Gasteiger partial charge is 0.478 e. The fourth-order valence-electron chi connectivity index (χ4n) is 1.44. The molecule has 0 heterocycles. The van der Waals surface area contributed by atoms with Crippen molar-refractivity contribution < 1.29 is 9.90 Å². The minimum Gasteiger partial charge on any atom is -0.478 e. The van der Waals surface area contributed by atoms with Gasteiger partial charge in [0.1, 0.15) is 0 Å². The SMILES string of the molecule is O=C(O)C1=CC=CC12CC2. The maximum Gasteiger partial charge on any atom is 0.332 e. The zero-order valence-electron chi connectivity index (χ0n) is 5.50. The minimum atomic E-state index is -0.762. The molecule has 1 saturated carbocycles. The summed E-state index contributed by atoms with van der Waals surface area (Å²) in [6.07, 6.45) is 7.57. The fraction of sp³-hybridized carbons (Fsp3) is 0.375. The molecule has 0 saturated heterocycles. The summed E-state index contributed by atoms with van der Waals surface area (Å²) in [5.41, 5.74) is 0.541. The second-order valence-corrected chi connectivity index (χ2v) is 2.90. The van der Waals surface area contributed by atoms with Crippen LogP contribution in [0.1, 0.15) is 12.8 Å². The molecule has 2 aliphatic carbocycles. The molecule has 0 aromatic rings. The van der Waals surface area contributed by atoms with Gasteiger partial charge in [0.2, 0.25) is 0 Å². The summed E-state index contributed by atoms with van der Waals surface area (Å²) in [7, 11) is 0. The van der Waals surface area contributed by atoms with E-state index in [-0.39, 0.29) is 5.41 Å². The highest BCUT2D eigenvalue weighted by molar-refractivity contribution is 5.91. The number of hydrogen-bond donors (Lipinski definition) is 1. The number of carbonyl (C=O) groups is 1. The van der Waals surface area contributed by atoms with Crippen LogP contribution in [0.3, 0.4) is 0 Å². The highest BCUT2D eigenvalue weighted by atomic mass is 16.4. The van der Waals surface area contributed by atoms with Crippen LogP contribution in [0.4, 0.5) is 0 Å². The monoisotopic (exact) mass is 136 g/mol. The van der Waals surface area contributed by atoms with Crippen molar-refractivity contribution in [2.24, 2.45) is 5.41 Å². The second-order valence-electron chi connectivity index (χ2n) is 2.90. The summed E-state index contributed by atoms with van der Waals surface area (Å²) in [6.45, 7) is 0. The summed E-state index contributed by atoms with van der Waals surface area (Å²) >= 11 is 0. The predicted octanol–water partition coefficient (Wildman–Crippen LogP) is 1.35. The molecule has 2 heteroatoms. The molecule has 0 amide bonds. The Kier molecular flexibility index (Phi) is 0.862.